The third-order valence-corrected chi connectivity index (χ3v) is 6.94. The van der Waals surface area contributed by atoms with Crippen LogP contribution in [0.5, 0.6) is 0 Å². The number of imide groups is 2. The highest BCUT2D eigenvalue weighted by Gasteiger charge is 2.19. The SMILES string of the molecule is CCCCCCCCCCCC(=O)NC(=O)c1ccccc1C(=O)NC(=O)CCCCCCCCCCC. The molecular formula is C32H52N2O4. The van der Waals surface area contributed by atoms with Crippen LogP contribution in [0.15, 0.2) is 24.3 Å². The summed E-state index contributed by atoms with van der Waals surface area (Å²) in [5, 5.41) is 4.79. The summed E-state index contributed by atoms with van der Waals surface area (Å²) in [6, 6.07) is 6.28. The summed E-state index contributed by atoms with van der Waals surface area (Å²) < 4.78 is 0. The van der Waals surface area contributed by atoms with Crippen LogP contribution >= 0.6 is 0 Å². The quantitative estimate of drug-likeness (QED) is 0.149. The molecule has 0 saturated carbocycles. The first-order valence-electron chi connectivity index (χ1n) is 15.3. The summed E-state index contributed by atoms with van der Waals surface area (Å²) >= 11 is 0. The average Bonchev–Trinajstić information content (AvgIpc) is 2.91. The van der Waals surface area contributed by atoms with E-state index in [1.54, 1.807) is 12.1 Å². The Bertz CT molecular complexity index is 754. The van der Waals surface area contributed by atoms with Crippen LogP contribution in [0.1, 0.15) is 163 Å². The number of hydrogen-bond donors (Lipinski definition) is 2. The second-order valence-electron chi connectivity index (χ2n) is 10.5. The first kappa shape index (κ1) is 33.5. The molecule has 0 atom stereocenters. The molecule has 0 unspecified atom stereocenters. The van der Waals surface area contributed by atoms with Gasteiger partial charge in [-0.1, -0.05) is 129 Å². The number of rotatable bonds is 22. The average molecular weight is 529 g/mol. The van der Waals surface area contributed by atoms with Gasteiger partial charge >= 0.3 is 0 Å². The minimum Gasteiger partial charge on any atom is -0.292 e. The van der Waals surface area contributed by atoms with Gasteiger partial charge in [-0.3, -0.25) is 29.8 Å². The zero-order valence-electron chi connectivity index (χ0n) is 24.1. The van der Waals surface area contributed by atoms with Crippen LogP contribution < -0.4 is 10.6 Å². The second kappa shape index (κ2) is 22.5. The van der Waals surface area contributed by atoms with Crippen LogP contribution in [0.2, 0.25) is 0 Å². The molecule has 38 heavy (non-hydrogen) atoms. The molecule has 1 aromatic carbocycles. The van der Waals surface area contributed by atoms with Gasteiger partial charge in [0, 0.05) is 12.8 Å². The molecule has 0 radical (unpaired) electrons. The second-order valence-corrected chi connectivity index (χ2v) is 10.5. The van der Waals surface area contributed by atoms with Crippen LogP contribution in [0.25, 0.3) is 0 Å². The Hall–Kier alpha value is -2.50. The van der Waals surface area contributed by atoms with Crippen LogP contribution in [-0.4, -0.2) is 23.6 Å². The highest BCUT2D eigenvalue weighted by Crippen LogP contribution is 2.13. The molecule has 1 aromatic rings. The Morgan fingerprint density at radius 2 is 0.763 bits per heavy atom. The molecule has 0 heterocycles. The zero-order chi connectivity index (χ0) is 27.8. The van der Waals surface area contributed by atoms with Crippen LogP contribution in [0.3, 0.4) is 0 Å². The fraction of sp³-hybridized carbons (Fsp3) is 0.688. The van der Waals surface area contributed by atoms with Crippen LogP contribution in [0, 0.1) is 0 Å². The fourth-order valence-electron chi connectivity index (χ4n) is 4.58. The lowest BCUT2D eigenvalue weighted by molar-refractivity contribution is -0.121. The third kappa shape index (κ3) is 16.4. The van der Waals surface area contributed by atoms with Crippen LogP contribution in [-0.2, 0) is 9.59 Å². The monoisotopic (exact) mass is 528 g/mol. The molecule has 1 rings (SSSR count). The van der Waals surface area contributed by atoms with Gasteiger partial charge in [-0.05, 0) is 25.0 Å². The number of amides is 4. The number of benzene rings is 1. The van der Waals surface area contributed by atoms with Gasteiger partial charge < -0.3 is 0 Å². The summed E-state index contributed by atoms with van der Waals surface area (Å²) in [7, 11) is 0. The van der Waals surface area contributed by atoms with Crippen molar-refractivity contribution < 1.29 is 19.2 Å². The number of carbonyl (C=O) groups is 4. The van der Waals surface area contributed by atoms with Gasteiger partial charge in [0.2, 0.25) is 11.8 Å². The Kier molecular flexibility index (Phi) is 19.8. The summed E-state index contributed by atoms with van der Waals surface area (Å²) in [6.45, 7) is 4.42. The maximum atomic E-state index is 12.7. The highest BCUT2D eigenvalue weighted by molar-refractivity contribution is 6.14. The van der Waals surface area contributed by atoms with Crippen molar-refractivity contribution in [1.29, 1.82) is 0 Å². The summed E-state index contributed by atoms with van der Waals surface area (Å²) in [5.41, 5.74) is 0.197. The topological polar surface area (TPSA) is 92.3 Å². The van der Waals surface area contributed by atoms with Gasteiger partial charge in [0.05, 0.1) is 11.1 Å². The molecule has 6 nitrogen and oxygen atoms in total. The van der Waals surface area contributed by atoms with E-state index in [2.05, 4.69) is 24.5 Å². The highest BCUT2D eigenvalue weighted by atomic mass is 16.2. The van der Waals surface area contributed by atoms with E-state index in [0.29, 0.717) is 0 Å². The van der Waals surface area contributed by atoms with Gasteiger partial charge in [0.25, 0.3) is 11.8 Å². The van der Waals surface area contributed by atoms with Gasteiger partial charge in [0.15, 0.2) is 0 Å². The Labute approximate surface area is 231 Å². The molecule has 2 N–H and O–H groups in total. The maximum Gasteiger partial charge on any atom is 0.258 e. The molecular weight excluding hydrogens is 476 g/mol. The molecule has 0 spiro atoms. The van der Waals surface area contributed by atoms with Crippen molar-refractivity contribution in [3.63, 3.8) is 0 Å². The Morgan fingerprint density at radius 1 is 0.474 bits per heavy atom. The third-order valence-electron chi connectivity index (χ3n) is 6.94. The van der Waals surface area contributed by atoms with E-state index in [1.807, 2.05) is 0 Å². The first-order valence-corrected chi connectivity index (χ1v) is 15.3. The summed E-state index contributed by atoms with van der Waals surface area (Å²) in [4.78, 5) is 49.9. The van der Waals surface area contributed by atoms with Crippen molar-refractivity contribution in [2.24, 2.45) is 0 Å². The standard InChI is InChI=1S/C32H52N2O4/c1-3-5-7-9-11-13-15-17-19-25-29(35)33-31(37)27-23-21-22-24-28(27)32(38)34-30(36)26-20-18-16-14-12-10-8-6-4-2/h21-24H,3-20,25-26H2,1-2H3,(H,33,35,37)(H,34,36,38). The number of hydrogen-bond acceptors (Lipinski definition) is 4. The minimum absolute atomic E-state index is 0.0984. The summed E-state index contributed by atoms with van der Waals surface area (Å²) in [5.74, 6) is -1.89. The molecule has 0 bridgehead atoms. The van der Waals surface area contributed by atoms with E-state index in [0.717, 1.165) is 38.5 Å². The molecule has 0 aliphatic heterocycles. The van der Waals surface area contributed by atoms with Crippen molar-refractivity contribution in [2.45, 2.75) is 142 Å². The smallest absolute Gasteiger partial charge is 0.258 e. The van der Waals surface area contributed by atoms with Crippen molar-refractivity contribution in [2.75, 3.05) is 0 Å². The number of carbonyl (C=O) groups excluding carboxylic acids is 4. The van der Waals surface area contributed by atoms with E-state index >= 15 is 0 Å². The molecule has 0 aliphatic rings. The lowest BCUT2D eigenvalue weighted by atomic mass is 10.0. The van der Waals surface area contributed by atoms with E-state index in [9.17, 15) is 19.2 Å². The molecule has 6 heteroatoms. The van der Waals surface area contributed by atoms with Gasteiger partial charge in [0.1, 0.15) is 0 Å². The van der Waals surface area contributed by atoms with Crippen LogP contribution in [0.4, 0.5) is 0 Å². The van der Waals surface area contributed by atoms with Crippen molar-refractivity contribution in [3.8, 4) is 0 Å². The lowest BCUT2D eigenvalue weighted by Gasteiger charge is -2.10. The van der Waals surface area contributed by atoms with E-state index in [1.165, 1.54) is 89.2 Å². The Balaban J connectivity index is 2.32. The molecule has 214 valence electrons. The molecule has 0 saturated heterocycles. The predicted molar refractivity (Wildman–Crippen MR) is 155 cm³/mol. The van der Waals surface area contributed by atoms with Crippen molar-refractivity contribution in [3.05, 3.63) is 35.4 Å². The molecule has 0 aliphatic carbocycles. The van der Waals surface area contributed by atoms with Gasteiger partial charge in [-0.25, -0.2) is 0 Å². The molecule has 0 aromatic heterocycles. The lowest BCUT2D eigenvalue weighted by Crippen LogP contribution is -2.35. The van der Waals surface area contributed by atoms with Crippen molar-refractivity contribution >= 4 is 23.6 Å². The largest absolute Gasteiger partial charge is 0.292 e. The number of nitrogens with one attached hydrogen (secondary N) is 2. The molecule has 0 fully saturated rings. The predicted octanol–water partition coefficient (Wildman–Crippen LogP) is 8.04. The van der Waals surface area contributed by atoms with E-state index in [4.69, 9.17) is 0 Å². The zero-order valence-corrected chi connectivity index (χ0v) is 24.1. The van der Waals surface area contributed by atoms with Crippen molar-refractivity contribution in [1.82, 2.24) is 10.6 Å². The fourth-order valence-corrected chi connectivity index (χ4v) is 4.58. The normalized spacial score (nSPS) is 10.8. The van der Waals surface area contributed by atoms with Gasteiger partial charge in [-0.2, -0.15) is 0 Å². The molecule has 4 amide bonds. The summed E-state index contributed by atoms with van der Waals surface area (Å²) in [6.07, 6.45) is 21.3. The first-order chi connectivity index (χ1) is 18.5. The Morgan fingerprint density at radius 3 is 1.08 bits per heavy atom. The van der Waals surface area contributed by atoms with E-state index in [-0.39, 0.29) is 35.8 Å². The minimum atomic E-state index is -0.608. The van der Waals surface area contributed by atoms with Gasteiger partial charge in [-0.15, -0.1) is 0 Å². The van der Waals surface area contributed by atoms with E-state index < -0.39 is 11.8 Å². The maximum absolute atomic E-state index is 12.7. The number of unbranched alkanes of at least 4 members (excludes halogenated alkanes) is 16.